The van der Waals surface area contributed by atoms with Crippen molar-refractivity contribution in [2.75, 3.05) is 23.3 Å². The Morgan fingerprint density at radius 1 is 1.31 bits per heavy atom. The number of amides is 1. The second kappa shape index (κ2) is 8.08. The minimum Gasteiger partial charge on any atom is -0.444 e. The van der Waals surface area contributed by atoms with Crippen LogP contribution in [-0.2, 0) is 7.05 Å². The van der Waals surface area contributed by atoms with Crippen LogP contribution in [0.5, 0.6) is 0 Å². The Balaban J connectivity index is 1.47. The van der Waals surface area contributed by atoms with E-state index in [0.717, 1.165) is 47.2 Å². The van der Waals surface area contributed by atoms with Crippen LogP contribution in [-0.4, -0.2) is 50.0 Å². The number of hydrogen-bond donors (Lipinski definition) is 2. The van der Waals surface area contributed by atoms with Gasteiger partial charge in [0.05, 0.1) is 29.2 Å². The fraction of sp³-hybridized carbons (Fsp3) is 0.304. The first-order valence-electron chi connectivity index (χ1n) is 10.6. The van der Waals surface area contributed by atoms with Gasteiger partial charge in [0.25, 0.3) is 5.91 Å². The van der Waals surface area contributed by atoms with E-state index in [1.807, 2.05) is 32.2 Å². The fourth-order valence-electron chi connectivity index (χ4n) is 4.10. The topological polar surface area (TPSA) is 109 Å². The van der Waals surface area contributed by atoms with Crippen molar-refractivity contribution in [3.8, 4) is 11.5 Å². The molecule has 5 rings (SSSR count). The van der Waals surface area contributed by atoms with Gasteiger partial charge in [0, 0.05) is 43.0 Å². The molecule has 1 aromatic carbocycles. The molecule has 1 saturated heterocycles. The second-order valence-electron chi connectivity index (χ2n) is 8.12. The predicted molar refractivity (Wildman–Crippen MR) is 121 cm³/mol. The van der Waals surface area contributed by atoms with Crippen LogP contribution in [0.4, 0.5) is 11.4 Å². The average molecular weight is 432 g/mol. The number of pyridine rings is 1. The molecule has 1 fully saturated rings. The number of aryl methyl sites for hydroxylation is 2. The van der Waals surface area contributed by atoms with Crippen molar-refractivity contribution in [1.82, 2.24) is 19.7 Å². The van der Waals surface area contributed by atoms with Gasteiger partial charge in [-0.2, -0.15) is 5.10 Å². The molecule has 0 aliphatic carbocycles. The quantitative estimate of drug-likeness (QED) is 0.510. The van der Waals surface area contributed by atoms with Crippen LogP contribution in [0.25, 0.3) is 22.4 Å². The van der Waals surface area contributed by atoms with Gasteiger partial charge in [0.1, 0.15) is 6.26 Å². The number of carbonyl (C=O) groups excluding carboxylic acids is 1. The Hall–Kier alpha value is -3.72. The van der Waals surface area contributed by atoms with E-state index >= 15 is 0 Å². The first-order valence-corrected chi connectivity index (χ1v) is 10.6. The number of nitrogens with zero attached hydrogens (tertiary/aromatic N) is 5. The van der Waals surface area contributed by atoms with Crippen molar-refractivity contribution < 1.29 is 14.3 Å². The highest BCUT2D eigenvalue weighted by Crippen LogP contribution is 2.33. The molecule has 1 atom stereocenters. The van der Waals surface area contributed by atoms with Crippen molar-refractivity contribution in [2.24, 2.45) is 7.05 Å². The normalized spacial score (nSPS) is 16.5. The molecule has 0 bridgehead atoms. The molecule has 1 aliphatic rings. The molecule has 1 unspecified atom stereocenters. The first kappa shape index (κ1) is 20.2. The molecule has 4 aromatic rings. The lowest BCUT2D eigenvalue weighted by Gasteiger charge is -2.33. The number of carbonyl (C=O) groups is 1. The predicted octanol–water partition coefficient (Wildman–Crippen LogP) is 3.15. The molecule has 32 heavy (non-hydrogen) atoms. The molecule has 164 valence electrons. The lowest BCUT2D eigenvalue weighted by molar-refractivity contribution is 0.102. The van der Waals surface area contributed by atoms with Crippen molar-refractivity contribution in [3.63, 3.8) is 0 Å². The third-order valence-corrected chi connectivity index (χ3v) is 5.73. The number of rotatable bonds is 4. The van der Waals surface area contributed by atoms with Crippen LogP contribution in [0.15, 0.2) is 47.3 Å². The minimum atomic E-state index is -0.390. The number of aliphatic hydroxyl groups is 1. The largest absolute Gasteiger partial charge is 0.444 e. The fourth-order valence-corrected chi connectivity index (χ4v) is 4.10. The smallest absolute Gasteiger partial charge is 0.277 e. The van der Waals surface area contributed by atoms with Gasteiger partial charge in [-0.1, -0.05) is 0 Å². The highest BCUT2D eigenvalue weighted by atomic mass is 16.3. The van der Waals surface area contributed by atoms with E-state index in [1.165, 1.54) is 6.26 Å². The van der Waals surface area contributed by atoms with E-state index in [1.54, 1.807) is 23.1 Å². The van der Waals surface area contributed by atoms with Gasteiger partial charge in [0.15, 0.2) is 5.69 Å². The zero-order valence-electron chi connectivity index (χ0n) is 17.9. The number of hydrogen-bond acceptors (Lipinski definition) is 7. The van der Waals surface area contributed by atoms with Crippen LogP contribution in [0.3, 0.4) is 0 Å². The number of oxazole rings is 1. The van der Waals surface area contributed by atoms with Crippen LogP contribution in [0, 0.1) is 6.92 Å². The molecule has 3 aromatic heterocycles. The first-order chi connectivity index (χ1) is 15.5. The van der Waals surface area contributed by atoms with E-state index in [0.29, 0.717) is 18.1 Å². The summed E-state index contributed by atoms with van der Waals surface area (Å²) in [6.07, 6.45) is 6.11. The van der Waals surface area contributed by atoms with Crippen LogP contribution < -0.4 is 10.2 Å². The number of nitrogens with one attached hydrogen (secondary N) is 1. The zero-order chi connectivity index (χ0) is 22.2. The number of β-amino-alcohol motifs (C(OH)–C–C–N with tert-alkyl or cyclic N) is 1. The van der Waals surface area contributed by atoms with Crippen molar-refractivity contribution in [2.45, 2.75) is 25.9 Å². The minimum absolute atomic E-state index is 0.184. The number of piperidine rings is 1. The van der Waals surface area contributed by atoms with Gasteiger partial charge in [0.2, 0.25) is 5.89 Å². The van der Waals surface area contributed by atoms with E-state index in [2.05, 4.69) is 25.3 Å². The van der Waals surface area contributed by atoms with Gasteiger partial charge in [-0.15, -0.1) is 0 Å². The lowest BCUT2D eigenvalue weighted by atomic mass is 10.1. The van der Waals surface area contributed by atoms with Crippen LogP contribution >= 0.6 is 0 Å². The van der Waals surface area contributed by atoms with Crippen molar-refractivity contribution >= 4 is 28.2 Å². The molecule has 0 spiro atoms. The lowest BCUT2D eigenvalue weighted by Crippen LogP contribution is -2.38. The maximum atomic E-state index is 13.0. The molecule has 1 amide bonds. The number of fused-ring (bicyclic) bond motifs is 1. The molecule has 2 N–H and O–H groups in total. The van der Waals surface area contributed by atoms with E-state index in [9.17, 15) is 9.90 Å². The summed E-state index contributed by atoms with van der Waals surface area (Å²) in [5.74, 6) is -0.00628. The third kappa shape index (κ3) is 3.82. The molecule has 9 nitrogen and oxygen atoms in total. The Morgan fingerprint density at radius 3 is 3.00 bits per heavy atom. The summed E-state index contributed by atoms with van der Waals surface area (Å²) < 4.78 is 7.31. The van der Waals surface area contributed by atoms with E-state index < -0.39 is 0 Å². The van der Waals surface area contributed by atoms with Gasteiger partial charge in [-0.05, 0) is 44.0 Å². The Labute approximate surface area is 184 Å². The summed E-state index contributed by atoms with van der Waals surface area (Å²) in [6, 6.07) is 7.55. The maximum absolute atomic E-state index is 13.0. The maximum Gasteiger partial charge on any atom is 0.277 e. The molecule has 0 radical (unpaired) electrons. The van der Waals surface area contributed by atoms with Crippen molar-refractivity contribution in [1.29, 1.82) is 0 Å². The standard InChI is InChI=1S/C23H24N6O3/c1-14-8-15(5-6-24-14)23-27-19(13-32-23)22(31)26-18-10-20-16(11-25-28(20)2)9-21(18)29-7-3-4-17(30)12-29/h5-6,8-11,13,17,30H,3-4,7,12H2,1-2H3,(H,26,31). The summed E-state index contributed by atoms with van der Waals surface area (Å²) >= 11 is 0. The summed E-state index contributed by atoms with van der Waals surface area (Å²) in [6.45, 7) is 3.21. The van der Waals surface area contributed by atoms with Crippen molar-refractivity contribution in [3.05, 3.63) is 54.3 Å². The molecule has 9 heteroatoms. The van der Waals surface area contributed by atoms with Gasteiger partial charge in [-0.3, -0.25) is 14.5 Å². The number of aliphatic hydroxyl groups excluding tert-OH is 1. The Bertz CT molecular complexity index is 1290. The summed E-state index contributed by atoms with van der Waals surface area (Å²) in [4.78, 5) is 23.7. The zero-order valence-corrected chi connectivity index (χ0v) is 17.9. The average Bonchev–Trinajstić information content (AvgIpc) is 3.41. The Kier molecular flexibility index (Phi) is 5.10. The van der Waals surface area contributed by atoms with E-state index in [4.69, 9.17) is 4.42 Å². The van der Waals surface area contributed by atoms with Crippen LogP contribution in [0.1, 0.15) is 29.0 Å². The SMILES string of the molecule is Cc1cc(-c2nc(C(=O)Nc3cc4c(cnn4C)cc3N3CCCC(O)C3)co2)ccn1. The third-order valence-electron chi connectivity index (χ3n) is 5.73. The molecule has 0 saturated carbocycles. The number of benzene rings is 1. The number of aromatic nitrogens is 4. The van der Waals surface area contributed by atoms with Gasteiger partial charge in [-0.25, -0.2) is 4.98 Å². The van der Waals surface area contributed by atoms with Gasteiger partial charge >= 0.3 is 0 Å². The summed E-state index contributed by atoms with van der Waals surface area (Å²) in [7, 11) is 1.86. The van der Waals surface area contributed by atoms with Crippen LogP contribution in [0.2, 0.25) is 0 Å². The second-order valence-corrected chi connectivity index (χ2v) is 8.12. The highest BCUT2D eigenvalue weighted by molar-refractivity contribution is 6.06. The van der Waals surface area contributed by atoms with E-state index in [-0.39, 0.29) is 17.7 Å². The highest BCUT2D eigenvalue weighted by Gasteiger charge is 2.23. The molecular formula is C23H24N6O3. The summed E-state index contributed by atoms with van der Waals surface area (Å²) in [5, 5.41) is 18.4. The molecule has 4 heterocycles. The summed E-state index contributed by atoms with van der Waals surface area (Å²) in [5.41, 5.74) is 4.18. The van der Waals surface area contributed by atoms with Gasteiger partial charge < -0.3 is 19.7 Å². The monoisotopic (exact) mass is 432 g/mol. The molecule has 1 aliphatic heterocycles. The Morgan fingerprint density at radius 2 is 2.19 bits per heavy atom. The molecular weight excluding hydrogens is 408 g/mol. The number of anilines is 2.